The third-order valence-corrected chi connectivity index (χ3v) is 7.49. The highest BCUT2D eigenvalue weighted by molar-refractivity contribution is 5.74. The number of anilines is 1. The van der Waals surface area contributed by atoms with Crippen LogP contribution in [0.25, 0.3) is 22.4 Å². The number of nitrogens with one attached hydrogen (secondary N) is 1. The van der Waals surface area contributed by atoms with Gasteiger partial charge in [-0.2, -0.15) is 5.26 Å². The van der Waals surface area contributed by atoms with Crippen molar-refractivity contribution >= 4 is 5.82 Å². The summed E-state index contributed by atoms with van der Waals surface area (Å²) in [5.41, 5.74) is 3.96. The summed E-state index contributed by atoms with van der Waals surface area (Å²) in [7, 11) is 3.94. The van der Waals surface area contributed by atoms with Gasteiger partial charge in [-0.05, 0) is 75.4 Å². The molecule has 170 valence electrons. The van der Waals surface area contributed by atoms with Crippen LogP contribution in [0.3, 0.4) is 0 Å². The summed E-state index contributed by atoms with van der Waals surface area (Å²) in [5.74, 6) is 0.989. The summed E-state index contributed by atoms with van der Waals surface area (Å²) >= 11 is 0. The largest absolute Gasteiger partial charge is 0.507 e. The Balaban J connectivity index is 1.36. The molecule has 7 nitrogen and oxygen atoms in total. The molecule has 1 aromatic carbocycles. The van der Waals surface area contributed by atoms with Crippen LogP contribution in [0.4, 0.5) is 5.82 Å². The first kappa shape index (κ1) is 21.5. The zero-order valence-corrected chi connectivity index (χ0v) is 19.6. The maximum atomic E-state index is 10.7. The molecule has 0 radical (unpaired) electrons. The molecule has 2 N–H and O–H groups in total. The van der Waals surface area contributed by atoms with E-state index in [1.165, 1.54) is 12.8 Å². The van der Waals surface area contributed by atoms with E-state index < -0.39 is 0 Å². The van der Waals surface area contributed by atoms with Crippen LogP contribution in [0.2, 0.25) is 0 Å². The Morgan fingerprint density at radius 2 is 1.82 bits per heavy atom. The van der Waals surface area contributed by atoms with Gasteiger partial charge in [0.25, 0.3) is 0 Å². The number of hydrogen-bond acceptors (Lipinski definition) is 6. The van der Waals surface area contributed by atoms with Gasteiger partial charge in [0.1, 0.15) is 17.5 Å². The van der Waals surface area contributed by atoms with E-state index in [1.54, 1.807) is 10.6 Å². The van der Waals surface area contributed by atoms with Gasteiger partial charge in [-0.15, -0.1) is 10.2 Å². The van der Waals surface area contributed by atoms with Crippen LogP contribution >= 0.6 is 0 Å². The monoisotopic (exact) mass is 442 g/mol. The first-order valence-corrected chi connectivity index (χ1v) is 11.4. The lowest BCUT2D eigenvalue weighted by molar-refractivity contribution is 0.207. The molecule has 0 unspecified atom stereocenters. The second kappa shape index (κ2) is 7.60. The Kier molecular flexibility index (Phi) is 4.95. The molecule has 2 fully saturated rings. The van der Waals surface area contributed by atoms with Crippen LogP contribution < -0.4 is 10.2 Å². The predicted octanol–water partition coefficient (Wildman–Crippen LogP) is 4.23. The van der Waals surface area contributed by atoms with Crippen molar-refractivity contribution < 1.29 is 5.11 Å². The average molecular weight is 443 g/mol. The van der Waals surface area contributed by atoms with Gasteiger partial charge in [0, 0.05) is 48.5 Å². The minimum atomic E-state index is 0.140. The zero-order chi connectivity index (χ0) is 23.4. The van der Waals surface area contributed by atoms with E-state index in [2.05, 4.69) is 47.4 Å². The topological polar surface area (TPSA) is 90.0 Å². The summed E-state index contributed by atoms with van der Waals surface area (Å²) in [6, 6.07) is 13.8. The Morgan fingerprint density at radius 1 is 1.09 bits per heavy atom. The fraction of sp³-hybridized carbons (Fsp3) is 0.423. The normalized spacial score (nSPS) is 26.2. The smallest absolute Gasteiger partial charge is 0.151 e. The van der Waals surface area contributed by atoms with Crippen LogP contribution in [-0.4, -0.2) is 44.0 Å². The number of aromatic nitrogens is 3. The van der Waals surface area contributed by atoms with Crippen molar-refractivity contribution in [3.8, 4) is 34.2 Å². The fourth-order valence-electron chi connectivity index (χ4n) is 5.70. The second-order valence-corrected chi connectivity index (χ2v) is 10.3. The lowest BCUT2D eigenvalue weighted by atomic mass is 9.84. The number of benzene rings is 1. The Bertz CT molecular complexity index is 1220. The number of piperidine rings is 1. The highest BCUT2D eigenvalue weighted by atomic mass is 16.3. The van der Waals surface area contributed by atoms with E-state index in [4.69, 9.17) is 0 Å². The molecule has 2 bridgehead atoms. The number of fused-ring (bicyclic) bond motifs is 2. The van der Waals surface area contributed by atoms with Crippen molar-refractivity contribution in [1.82, 2.24) is 20.1 Å². The lowest BCUT2D eigenvalue weighted by Crippen LogP contribution is -2.58. The minimum absolute atomic E-state index is 0.140. The number of aryl methyl sites for hydroxylation is 1. The quantitative estimate of drug-likeness (QED) is 0.629. The van der Waals surface area contributed by atoms with Crippen molar-refractivity contribution in [2.75, 3.05) is 11.9 Å². The summed E-state index contributed by atoms with van der Waals surface area (Å²) in [5, 5.41) is 32.6. The summed E-state index contributed by atoms with van der Waals surface area (Å²) in [4.78, 5) is 2.25. The van der Waals surface area contributed by atoms with Gasteiger partial charge in [0.05, 0.1) is 5.69 Å². The van der Waals surface area contributed by atoms with Crippen molar-refractivity contribution in [2.45, 2.75) is 56.7 Å². The molecular formula is C26H30N6O. The van der Waals surface area contributed by atoms with E-state index in [1.807, 2.05) is 43.6 Å². The predicted molar refractivity (Wildman–Crippen MR) is 129 cm³/mol. The first-order chi connectivity index (χ1) is 15.7. The molecule has 0 saturated carbocycles. The molecule has 2 aliphatic rings. The summed E-state index contributed by atoms with van der Waals surface area (Å²) < 4.78 is 1.77. The molecule has 5 rings (SSSR count). The van der Waals surface area contributed by atoms with E-state index in [-0.39, 0.29) is 16.8 Å². The Hall–Kier alpha value is -3.37. The molecular weight excluding hydrogens is 412 g/mol. The number of phenols is 1. The number of hydrogen-bond donors (Lipinski definition) is 2. The molecule has 3 atom stereocenters. The third-order valence-electron chi connectivity index (χ3n) is 7.49. The molecule has 0 amide bonds. The fourth-order valence-corrected chi connectivity index (χ4v) is 5.70. The molecule has 33 heavy (non-hydrogen) atoms. The van der Waals surface area contributed by atoms with Crippen LogP contribution in [-0.2, 0) is 7.05 Å². The van der Waals surface area contributed by atoms with E-state index >= 15 is 0 Å². The van der Waals surface area contributed by atoms with Crippen LogP contribution in [0.5, 0.6) is 5.75 Å². The van der Waals surface area contributed by atoms with Crippen LogP contribution in [0.15, 0.2) is 42.6 Å². The van der Waals surface area contributed by atoms with Gasteiger partial charge in [-0.3, -0.25) is 0 Å². The van der Waals surface area contributed by atoms with Crippen molar-refractivity contribution in [3.05, 3.63) is 48.3 Å². The van der Waals surface area contributed by atoms with E-state index in [0.717, 1.165) is 29.8 Å². The van der Waals surface area contributed by atoms with Gasteiger partial charge in [-0.25, -0.2) is 0 Å². The summed E-state index contributed by atoms with van der Waals surface area (Å²) in [6.07, 6.45) is 6.50. The van der Waals surface area contributed by atoms with Gasteiger partial charge >= 0.3 is 0 Å². The molecule has 3 aromatic rings. The molecule has 2 aromatic heterocycles. The summed E-state index contributed by atoms with van der Waals surface area (Å²) in [6.45, 7) is 4.66. The molecule has 0 aliphatic carbocycles. The van der Waals surface area contributed by atoms with Crippen LogP contribution in [0.1, 0.15) is 45.2 Å². The highest BCUT2D eigenvalue weighted by Crippen LogP contribution is 2.43. The average Bonchev–Trinajstić information content (AvgIpc) is 3.28. The zero-order valence-electron chi connectivity index (χ0n) is 19.6. The number of phenolic OH excluding ortho intramolecular Hbond substituents is 1. The van der Waals surface area contributed by atoms with Gasteiger partial charge < -0.3 is 19.9 Å². The van der Waals surface area contributed by atoms with Gasteiger partial charge in [0.2, 0.25) is 0 Å². The third kappa shape index (κ3) is 3.85. The van der Waals surface area contributed by atoms with E-state index in [9.17, 15) is 10.4 Å². The van der Waals surface area contributed by atoms with Gasteiger partial charge in [-0.1, -0.05) is 6.07 Å². The Labute approximate surface area is 194 Å². The van der Waals surface area contributed by atoms with Crippen molar-refractivity contribution in [2.24, 2.45) is 7.05 Å². The molecule has 2 saturated heterocycles. The molecule has 0 spiro atoms. The Morgan fingerprint density at radius 3 is 2.39 bits per heavy atom. The van der Waals surface area contributed by atoms with E-state index in [0.29, 0.717) is 23.0 Å². The van der Waals surface area contributed by atoms with Crippen molar-refractivity contribution in [3.63, 3.8) is 0 Å². The number of nitriles is 1. The highest BCUT2D eigenvalue weighted by Gasteiger charge is 2.49. The number of rotatable bonds is 4. The van der Waals surface area contributed by atoms with Crippen molar-refractivity contribution in [1.29, 1.82) is 5.26 Å². The molecule has 2 aliphatic heterocycles. The number of aromatic hydroxyl groups is 1. The molecule has 4 heterocycles. The maximum absolute atomic E-state index is 10.7. The van der Waals surface area contributed by atoms with Crippen LogP contribution in [0, 0.1) is 11.3 Å². The minimum Gasteiger partial charge on any atom is -0.507 e. The second-order valence-electron chi connectivity index (χ2n) is 10.3. The first-order valence-electron chi connectivity index (χ1n) is 11.4. The van der Waals surface area contributed by atoms with Gasteiger partial charge in [0.15, 0.2) is 5.82 Å². The standard InChI is InChI=1S/C26H30N6O/c1-25-9-10-26(2,30-25)14-20(13-25)32(4)24-8-7-22(28-29-24)21-6-5-17(12-23(21)33)18-11-19(15-27)31(3)16-18/h5-8,11-12,16,20,30,33H,9-10,13-14H2,1-4H3/t20-,25+,26-. The lowest BCUT2D eigenvalue weighted by Gasteiger charge is -2.45. The SMILES string of the molecule is CN(c1ccc(-c2ccc(-c3cc(C#N)n(C)c3)cc2O)nn1)[C@@H]1C[C@]2(C)CC[C@](C)(C1)N2. The maximum Gasteiger partial charge on any atom is 0.151 e. The molecule has 7 heteroatoms. The number of nitrogens with zero attached hydrogens (tertiary/aromatic N) is 5.